The summed E-state index contributed by atoms with van der Waals surface area (Å²) >= 11 is 0. The van der Waals surface area contributed by atoms with Crippen molar-refractivity contribution in [2.45, 2.75) is 13.8 Å². The zero-order valence-electron chi connectivity index (χ0n) is 14.9. The van der Waals surface area contributed by atoms with E-state index in [9.17, 15) is 9.59 Å². The molecule has 0 atom stereocenters. The number of ether oxygens (including phenoxy) is 1. The number of Topliss-reactive ketones (excluding diaryl/α,β-unsaturated/α-hetero) is 1. The number of ketones is 1. The first-order valence-corrected chi connectivity index (χ1v) is 8.23. The maximum Gasteiger partial charge on any atom is 0.238 e. The van der Waals surface area contributed by atoms with Crippen molar-refractivity contribution in [3.8, 4) is 5.75 Å². The molecule has 2 aromatic carbocycles. The van der Waals surface area contributed by atoms with Gasteiger partial charge >= 0.3 is 0 Å². The van der Waals surface area contributed by atoms with Gasteiger partial charge in [0.05, 0.1) is 6.54 Å². The van der Waals surface area contributed by atoms with E-state index in [4.69, 9.17) is 4.74 Å². The average Bonchev–Trinajstić information content (AvgIpc) is 2.56. The van der Waals surface area contributed by atoms with Crippen molar-refractivity contribution in [1.82, 2.24) is 4.90 Å². The lowest BCUT2D eigenvalue weighted by Gasteiger charge is -2.17. The normalized spacial score (nSPS) is 10.6. The van der Waals surface area contributed by atoms with E-state index in [0.29, 0.717) is 24.4 Å². The summed E-state index contributed by atoms with van der Waals surface area (Å²) in [6, 6.07) is 14.8. The quantitative estimate of drug-likeness (QED) is 0.750. The van der Waals surface area contributed by atoms with Crippen LogP contribution in [0.15, 0.2) is 48.5 Å². The van der Waals surface area contributed by atoms with Crippen LogP contribution in [0.5, 0.6) is 5.75 Å². The fourth-order valence-corrected chi connectivity index (χ4v) is 2.29. The van der Waals surface area contributed by atoms with Gasteiger partial charge in [0.2, 0.25) is 5.91 Å². The summed E-state index contributed by atoms with van der Waals surface area (Å²) in [6.07, 6.45) is 0. The predicted octanol–water partition coefficient (Wildman–Crippen LogP) is 3.15. The molecule has 132 valence electrons. The lowest BCUT2D eigenvalue weighted by Crippen LogP contribution is -2.33. The largest absolute Gasteiger partial charge is 0.492 e. The number of likely N-dealkylation sites (N-methyl/N-ethyl adjacent to an activating group) is 1. The fraction of sp³-hybridized carbons (Fsp3) is 0.300. The lowest BCUT2D eigenvalue weighted by molar-refractivity contribution is -0.117. The van der Waals surface area contributed by atoms with Crippen molar-refractivity contribution >= 4 is 17.4 Å². The van der Waals surface area contributed by atoms with E-state index < -0.39 is 0 Å². The molecular formula is C20H24N2O3. The van der Waals surface area contributed by atoms with Gasteiger partial charge in [0.15, 0.2) is 5.78 Å². The third kappa shape index (κ3) is 6.39. The Morgan fingerprint density at radius 2 is 1.84 bits per heavy atom. The summed E-state index contributed by atoms with van der Waals surface area (Å²) in [7, 11) is 1.87. The first-order valence-electron chi connectivity index (χ1n) is 8.23. The highest BCUT2D eigenvalue weighted by atomic mass is 16.5. The lowest BCUT2D eigenvalue weighted by atomic mass is 10.1. The fourth-order valence-electron chi connectivity index (χ4n) is 2.29. The van der Waals surface area contributed by atoms with Crippen molar-refractivity contribution in [1.29, 1.82) is 0 Å². The molecule has 0 aliphatic heterocycles. The summed E-state index contributed by atoms with van der Waals surface area (Å²) in [4.78, 5) is 25.4. The summed E-state index contributed by atoms with van der Waals surface area (Å²) in [5.41, 5.74) is 2.40. The topological polar surface area (TPSA) is 58.6 Å². The standard InChI is InChI=1S/C20H24N2O3/c1-15-7-9-19(10-8-15)25-12-11-22(3)14-20(24)21-18-6-4-5-17(13-18)16(2)23/h4-10,13H,11-12,14H2,1-3H3,(H,21,24). The molecule has 2 rings (SSSR count). The minimum atomic E-state index is -0.126. The van der Waals surface area contributed by atoms with E-state index >= 15 is 0 Å². The summed E-state index contributed by atoms with van der Waals surface area (Å²) in [6.45, 7) is 4.92. The second kappa shape index (κ2) is 8.99. The number of carbonyl (C=O) groups is 2. The van der Waals surface area contributed by atoms with E-state index in [2.05, 4.69) is 5.32 Å². The summed E-state index contributed by atoms with van der Waals surface area (Å²) in [5.74, 6) is 0.671. The molecule has 0 heterocycles. The van der Waals surface area contributed by atoms with E-state index in [1.54, 1.807) is 24.3 Å². The van der Waals surface area contributed by atoms with Crippen molar-refractivity contribution < 1.29 is 14.3 Å². The molecule has 5 nitrogen and oxygen atoms in total. The molecule has 0 bridgehead atoms. The Labute approximate surface area is 148 Å². The van der Waals surface area contributed by atoms with E-state index in [-0.39, 0.29) is 18.2 Å². The van der Waals surface area contributed by atoms with E-state index in [1.807, 2.05) is 43.1 Å². The Morgan fingerprint density at radius 1 is 1.12 bits per heavy atom. The molecule has 1 amide bonds. The smallest absolute Gasteiger partial charge is 0.238 e. The third-order valence-corrected chi connectivity index (χ3v) is 3.73. The molecule has 0 unspecified atom stereocenters. The second-order valence-corrected chi connectivity index (χ2v) is 6.08. The van der Waals surface area contributed by atoms with Gasteiger partial charge in [0, 0.05) is 17.8 Å². The summed E-state index contributed by atoms with van der Waals surface area (Å²) < 4.78 is 5.66. The van der Waals surface area contributed by atoms with Crippen LogP contribution in [-0.4, -0.2) is 43.3 Å². The molecule has 0 saturated carbocycles. The molecule has 0 aliphatic carbocycles. The molecular weight excluding hydrogens is 316 g/mol. The highest BCUT2D eigenvalue weighted by Crippen LogP contribution is 2.12. The molecule has 0 spiro atoms. The molecule has 0 fully saturated rings. The van der Waals surface area contributed by atoms with Crippen molar-refractivity contribution in [3.05, 3.63) is 59.7 Å². The van der Waals surface area contributed by atoms with Gasteiger partial charge in [-0.2, -0.15) is 0 Å². The molecule has 0 saturated heterocycles. The maximum atomic E-state index is 12.1. The van der Waals surface area contributed by atoms with Crippen LogP contribution in [0, 0.1) is 6.92 Å². The number of amides is 1. The minimum Gasteiger partial charge on any atom is -0.492 e. The molecule has 0 radical (unpaired) electrons. The molecule has 0 aromatic heterocycles. The number of hydrogen-bond acceptors (Lipinski definition) is 4. The van der Waals surface area contributed by atoms with E-state index in [0.717, 1.165) is 5.75 Å². The highest BCUT2D eigenvalue weighted by Gasteiger charge is 2.08. The Bertz CT molecular complexity index is 726. The van der Waals surface area contributed by atoms with Crippen LogP contribution in [0.2, 0.25) is 0 Å². The van der Waals surface area contributed by atoms with Gasteiger partial charge in [-0.25, -0.2) is 0 Å². The molecule has 0 aliphatic rings. The van der Waals surface area contributed by atoms with Crippen LogP contribution in [-0.2, 0) is 4.79 Å². The van der Waals surface area contributed by atoms with Gasteiger partial charge < -0.3 is 10.1 Å². The van der Waals surface area contributed by atoms with Crippen LogP contribution >= 0.6 is 0 Å². The molecule has 1 N–H and O–H groups in total. The number of rotatable bonds is 8. The number of benzene rings is 2. The Kier molecular flexibility index (Phi) is 6.71. The van der Waals surface area contributed by atoms with Gasteiger partial charge in [0.1, 0.15) is 12.4 Å². The van der Waals surface area contributed by atoms with Crippen molar-refractivity contribution in [2.24, 2.45) is 0 Å². The first kappa shape index (κ1) is 18.7. The van der Waals surface area contributed by atoms with Crippen LogP contribution < -0.4 is 10.1 Å². The number of anilines is 1. The Balaban J connectivity index is 1.75. The van der Waals surface area contributed by atoms with Crippen LogP contribution in [0.1, 0.15) is 22.8 Å². The van der Waals surface area contributed by atoms with Gasteiger partial charge in [-0.1, -0.05) is 29.8 Å². The number of aryl methyl sites for hydroxylation is 1. The van der Waals surface area contributed by atoms with Crippen molar-refractivity contribution in [3.63, 3.8) is 0 Å². The molecule has 2 aromatic rings. The van der Waals surface area contributed by atoms with Crippen LogP contribution in [0.3, 0.4) is 0 Å². The zero-order chi connectivity index (χ0) is 18.2. The van der Waals surface area contributed by atoms with E-state index in [1.165, 1.54) is 12.5 Å². The SMILES string of the molecule is CC(=O)c1cccc(NC(=O)CN(C)CCOc2ccc(C)cc2)c1. The zero-order valence-corrected chi connectivity index (χ0v) is 14.9. The maximum absolute atomic E-state index is 12.1. The average molecular weight is 340 g/mol. The first-order chi connectivity index (χ1) is 11.9. The van der Waals surface area contributed by atoms with Crippen LogP contribution in [0.25, 0.3) is 0 Å². The number of nitrogens with zero attached hydrogens (tertiary/aromatic N) is 1. The summed E-state index contributed by atoms with van der Waals surface area (Å²) in [5, 5.41) is 2.81. The number of carbonyl (C=O) groups excluding carboxylic acids is 2. The number of hydrogen-bond donors (Lipinski definition) is 1. The molecule has 25 heavy (non-hydrogen) atoms. The van der Waals surface area contributed by atoms with Crippen molar-refractivity contribution in [2.75, 3.05) is 32.1 Å². The highest BCUT2D eigenvalue weighted by molar-refractivity contribution is 5.97. The Hall–Kier alpha value is -2.66. The predicted molar refractivity (Wildman–Crippen MR) is 99.2 cm³/mol. The van der Waals surface area contributed by atoms with Gasteiger partial charge in [-0.3, -0.25) is 14.5 Å². The monoisotopic (exact) mass is 340 g/mol. The Morgan fingerprint density at radius 3 is 2.52 bits per heavy atom. The molecule has 5 heteroatoms. The van der Waals surface area contributed by atoms with Gasteiger partial charge in [-0.05, 0) is 45.2 Å². The van der Waals surface area contributed by atoms with Gasteiger partial charge in [-0.15, -0.1) is 0 Å². The number of nitrogens with one attached hydrogen (secondary N) is 1. The third-order valence-electron chi connectivity index (χ3n) is 3.73. The van der Waals surface area contributed by atoms with Crippen LogP contribution in [0.4, 0.5) is 5.69 Å². The second-order valence-electron chi connectivity index (χ2n) is 6.08. The van der Waals surface area contributed by atoms with Gasteiger partial charge in [0.25, 0.3) is 0 Å². The minimum absolute atomic E-state index is 0.0264.